The summed E-state index contributed by atoms with van der Waals surface area (Å²) in [5.41, 5.74) is 0.378. The van der Waals surface area contributed by atoms with E-state index in [4.69, 9.17) is 4.74 Å². The lowest BCUT2D eigenvalue weighted by Gasteiger charge is -2.39. The summed E-state index contributed by atoms with van der Waals surface area (Å²) in [6.07, 6.45) is 1.50. The molecule has 0 saturated heterocycles. The lowest BCUT2D eigenvalue weighted by molar-refractivity contribution is -0.139. The average Bonchev–Trinajstić information content (AvgIpc) is 2.49. The van der Waals surface area contributed by atoms with Crippen LogP contribution in [0.1, 0.15) is 24.8 Å². The van der Waals surface area contributed by atoms with Gasteiger partial charge in [0.05, 0.1) is 18.6 Å². The van der Waals surface area contributed by atoms with Crippen molar-refractivity contribution >= 4 is 5.91 Å². The number of benzene rings is 1. The molecule has 21 heavy (non-hydrogen) atoms. The topological polar surface area (TPSA) is 49.8 Å². The molecule has 1 saturated carbocycles. The normalized spacial score (nSPS) is 25.6. The summed E-state index contributed by atoms with van der Waals surface area (Å²) in [6, 6.07) is 5.99. The van der Waals surface area contributed by atoms with Crippen LogP contribution in [0.15, 0.2) is 24.3 Å². The van der Waals surface area contributed by atoms with Gasteiger partial charge in [0.1, 0.15) is 11.9 Å². The maximum atomic E-state index is 13.6. The molecule has 1 fully saturated rings. The highest BCUT2D eigenvalue weighted by Gasteiger charge is 2.36. The van der Waals surface area contributed by atoms with E-state index >= 15 is 0 Å². The van der Waals surface area contributed by atoms with E-state index in [1.54, 1.807) is 32.4 Å². The number of aliphatic hydroxyl groups excluding tert-OH is 1. The quantitative estimate of drug-likeness (QED) is 0.921. The second-order valence-corrected chi connectivity index (χ2v) is 5.54. The minimum atomic E-state index is -0.696. The zero-order valence-electron chi connectivity index (χ0n) is 12.5. The Bertz CT molecular complexity index is 494. The van der Waals surface area contributed by atoms with E-state index in [9.17, 15) is 14.3 Å². The number of rotatable bonds is 4. The monoisotopic (exact) mass is 295 g/mol. The van der Waals surface area contributed by atoms with Crippen molar-refractivity contribution in [2.24, 2.45) is 0 Å². The number of hydrogen-bond donors (Lipinski definition) is 1. The summed E-state index contributed by atoms with van der Waals surface area (Å²) in [7, 11) is 3.23. The van der Waals surface area contributed by atoms with Gasteiger partial charge in [-0.05, 0) is 30.9 Å². The Morgan fingerprint density at radius 2 is 2.14 bits per heavy atom. The van der Waals surface area contributed by atoms with Gasteiger partial charge in [0, 0.05) is 14.2 Å². The number of nitrogens with zero attached hydrogens (tertiary/aromatic N) is 1. The van der Waals surface area contributed by atoms with Crippen LogP contribution in [0, 0.1) is 5.82 Å². The molecule has 1 N–H and O–H groups in total. The highest BCUT2D eigenvalue weighted by Crippen LogP contribution is 2.25. The van der Waals surface area contributed by atoms with Crippen LogP contribution >= 0.6 is 0 Å². The molecule has 2 rings (SSSR count). The highest BCUT2D eigenvalue weighted by molar-refractivity contribution is 5.79. The third kappa shape index (κ3) is 3.60. The van der Waals surface area contributed by atoms with Crippen molar-refractivity contribution in [3.8, 4) is 0 Å². The van der Waals surface area contributed by atoms with E-state index in [1.165, 1.54) is 11.0 Å². The number of carbonyl (C=O) groups excluding carboxylic acids is 1. The Morgan fingerprint density at radius 3 is 2.81 bits per heavy atom. The van der Waals surface area contributed by atoms with Gasteiger partial charge in [0.25, 0.3) is 0 Å². The van der Waals surface area contributed by atoms with Gasteiger partial charge in [0.15, 0.2) is 0 Å². The molecule has 1 aromatic carbocycles. The molecule has 1 amide bonds. The highest BCUT2D eigenvalue weighted by atomic mass is 19.1. The first kappa shape index (κ1) is 15.9. The van der Waals surface area contributed by atoms with Crippen LogP contribution in [0.25, 0.3) is 0 Å². The van der Waals surface area contributed by atoms with E-state index in [0.29, 0.717) is 5.56 Å². The number of hydrogen-bond acceptors (Lipinski definition) is 3. The molecule has 1 aliphatic carbocycles. The van der Waals surface area contributed by atoms with Crippen LogP contribution in [0.4, 0.5) is 4.39 Å². The molecular formula is C16H22FNO3. The summed E-state index contributed by atoms with van der Waals surface area (Å²) in [6.45, 7) is 0. The molecule has 0 heterocycles. The fourth-order valence-corrected chi connectivity index (χ4v) is 2.91. The van der Waals surface area contributed by atoms with Crippen molar-refractivity contribution in [3.63, 3.8) is 0 Å². The van der Waals surface area contributed by atoms with Gasteiger partial charge in [0.2, 0.25) is 5.91 Å². The minimum Gasteiger partial charge on any atom is -0.388 e. The summed E-state index contributed by atoms with van der Waals surface area (Å²) >= 11 is 0. The first-order chi connectivity index (χ1) is 10.0. The van der Waals surface area contributed by atoms with Crippen LogP contribution in [0.2, 0.25) is 0 Å². The predicted octanol–water partition coefficient (Wildman–Crippen LogP) is 1.75. The second-order valence-electron chi connectivity index (χ2n) is 5.54. The Kier molecular flexibility index (Phi) is 5.31. The van der Waals surface area contributed by atoms with Crippen LogP contribution in [0.5, 0.6) is 0 Å². The maximum Gasteiger partial charge on any atom is 0.227 e. The van der Waals surface area contributed by atoms with Gasteiger partial charge in [-0.3, -0.25) is 4.79 Å². The smallest absolute Gasteiger partial charge is 0.227 e. The third-order valence-corrected chi connectivity index (χ3v) is 4.26. The number of amides is 1. The summed E-state index contributed by atoms with van der Waals surface area (Å²) in [5.74, 6) is -0.570. The molecule has 0 bridgehead atoms. The number of halogens is 1. The number of carbonyl (C=O) groups is 1. The maximum absolute atomic E-state index is 13.6. The van der Waals surface area contributed by atoms with Crippen LogP contribution in [0.3, 0.4) is 0 Å². The predicted molar refractivity (Wildman–Crippen MR) is 77.3 cm³/mol. The Morgan fingerprint density at radius 1 is 1.43 bits per heavy atom. The van der Waals surface area contributed by atoms with E-state index in [-0.39, 0.29) is 30.3 Å². The minimum absolute atomic E-state index is 0.00401. The number of aliphatic hydroxyl groups is 1. The SMILES string of the molecule is CO[C@@H]1CCC[C@@H](N(C)C(=O)Cc2ccccc2F)[C@H]1O. The van der Waals surface area contributed by atoms with Crippen molar-refractivity contribution in [2.75, 3.05) is 14.2 Å². The molecule has 3 atom stereocenters. The third-order valence-electron chi connectivity index (χ3n) is 4.26. The second kappa shape index (κ2) is 7.00. The van der Waals surface area contributed by atoms with Crippen LogP contribution in [-0.4, -0.2) is 48.3 Å². The molecule has 4 nitrogen and oxygen atoms in total. The summed E-state index contributed by atoms with van der Waals surface area (Å²) in [4.78, 5) is 13.8. The van der Waals surface area contributed by atoms with Gasteiger partial charge in [-0.2, -0.15) is 0 Å². The van der Waals surface area contributed by atoms with Crippen LogP contribution < -0.4 is 0 Å². The van der Waals surface area contributed by atoms with Gasteiger partial charge < -0.3 is 14.7 Å². The van der Waals surface area contributed by atoms with E-state index in [2.05, 4.69) is 0 Å². The number of likely N-dealkylation sites (N-methyl/N-ethyl adjacent to an activating group) is 1. The molecule has 0 spiro atoms. The molecule has 1 aliphatic rings. The molecule has 0 aromatic heterocycles. The Balaban J connectivity index is 2.03. The van der Waals surface area contributed by atoms with Crippen molar-refractivity contribution in [3.05, 3.63) is 35.6 Å². The average molecular weight is 295 g/mol. The van der Waals surface area contributed by atoms with Crippen molar-refractivity contribution in [1.29, 1.82) is 0 Å². The molecule has 1 aromatic rings. The molecule has 5 heteroatoms. The Labute approximate surface area is 124 Å². The largest absolute Gasteiger partial charge is 0.388 e. The van der Waals surface area contributed by atoms with Crippen molar-refractivity contribution < 1.29 is 19.0 Å². The molecule has 0 radical (unpaired) electrons. The van der Waals surface area contributed by atoms with Gasteiger partial charge in [-0.1, -0.05) is 18.2 Å². The van der Waals surface area contributed by atoms with Crippen LogP contribution in [-0.2, 0) is 16.0 Å². The van der Waals surface area contributed by atoms with Gasteiger partial charge in [-0.15, -0.1) is 0 Å². The van der Waals surface area contributed by atoms with Crippen molar-refractivity contribution in [1.82, 2.24) is 4.90 Å². The molecule has 0 unspecified atom stereocenters. The summed E-state index contributed by atoms with van der Waals surface area (Å²) in [5, 5.41) is 10.3. The first-order valence-corrected chi connectivity index (χ1v) is 7.24. The lowest BCUT2D eigenvalue weighted by atomic mass is 9.88. The molecule has 116 valence electrons. The van der Waals surface area contributed by atoms with Gasteiger partial charge >= 0.3 is 0 Å². The van der Waals surface area contributed by atoms with E-state index in [1.807, 2.05) is 0 Å². The lowest BCUT2D eigenvalue weighted by Crippen LogP contribution is -2.52. The van der Waals surface area contributed by atoms with E-state index in [0.717, 1.165) is 19.3 Å². The zero-order valence-corrected chi connectivity index (χ0v) is 12.5. The fourth-order valence-electron chi connectivity index (χ4n) is 2.91. The zero-order chi connectivity index (χ0) is 15.4. The van der Waals surface area contributed by atoms with E-state index < -0.39 is 6.10 Å². The first-order valence-electron chi connectivity index (χ1n) is 7.24. The number of ether oxygens (including phenoxy) is 1. The number of methoxy groups -OCH3 is 1. The molecular weight excluding hydrogens is 273 g/mol. The fraction of sp³-hybridized carbons (Fsp3) is 0.562. The van der Waals surface area contributed by atoms with Gasteiger partial charge in [-0.25, -0.2) is 4.39 Å². The standard InChI is InChI=1S/C16H22FNO3/c1-18(13-8-5-9-14(21-2)16(13)20)15(19)10-11-6-3-4-7-12(11)17/h3-4,6-7,13-14,16,20H,5,8-10H2,1-2H3/t13-,14-,16-/m1/s1. The Hall–Kier alpha value is -1.46. The summed E-state index contributed by atoms with van der Waals surface area (Å²) < 4.78 is 18.9. The van der Waals surface area contributed by atoms with Crippen molar-refractivity contribution in [2.45, 2.75) is 43.9 Å². The molecule has 0 aliphatic heterocycles.